The zero-order valence-corrected chi connectivity index (χ0v) is 13.0. The number of hydrogen-bond donors (Lipinski definition) is 2. The minimum Gasteiger partial charge on any atom is -0.744 e. The van der Waals surface area contributed by atoms with E-state index in [9.17, 15) is 23.2 Å². The van der Waals surface area contributed by atoms with Gasteiger partial charge in [-0.05, 0) is 17.5 Å². The van der Waals surface area contributed by atoms with E-state index in [0.29, 0.717) is 0 Å². The van der Waals surface area contributed by atoms with E-state index in [4.69, 9.17) is 0 Å². The first-order chi connectivity index (χ1) is 7.05. The second kappa shape index (κ2) is 5.16. The molecule has 0 radical (unpaired) electrons. The molecule has 7 heteroatoms. The fraction of sp³-hybridized carbons (Fsp3) is 0.400. The molecular formula is C10H13NaO5S. The van der Waals surface area contributed by atoms with Crippen LogP contribution in [-0.4, -0.2) is 23.2 Å². The Morgan fingerprint density at radius 2 is 1.53 bits per heavy atom. The topological polar surface area (TPSA) is 97.7 Å². The molecule has 17 heavy (non-hydrogen) atoms. The largest absolute Gasteiger partial charge is 1.00 e. The Bertz CT molecular complexity index is 516. The van der Waals surface area contributed by atoms with Crippen LogP contribution in [0.5, 0.6) is 11.5 Å². The Labute approximate surface area is 123 Å². The molecule has 1 aromatic carbocycles. The molecule has 0 bridgehead atoms. The van der Waals surface area contributed by atoms with Crippen LogP contribution in [0.3, 0.4) is 0 Å². The summed E-state index contributed by atoms with van der Waals surface area (Å²) in [5, 5.41) is 19.0. The molecule has 1 rings (SSSR count). The average Bonchev–Trinajstić information content (AvgIpc) is 2.04. The molecule has 0 unspecified atom stereocenters. The van der Waals surface area contributed by atoms with Crippen LogP contribution in [0.4, 0.5) is 0 Å². The summed E-state index contributed by atoms with van der Waals surface area (Å²) in [7, 11) is -4.83. The van der Waals surface area contributed by atoms with Gasteiger partial charge in [0.1, 0.15) is 26.5 Å². The maximum absolute atomic E-state index is 11.0. The molecule has 0 saturated carbocycles. The SMILES string of the molecule is CC(C)(C)c1c(O)ccc(O)c1S(=O)(=O)[O-].[Na+]. The summed E-state index contributed by atoms with van der Waals surface area (Å²) < 4.78 is 33.1. The molecule has 0 aliphatic carbocycles. The summed E-state index contributed by atoms with van der Waals surface area (Å²) in [6.07, 6.45) is 0. The van der Waals surface area contributed by atoms with Gasteiger partial charge in [-0.1, -0.05) is 20.8 Å². The van der Waals surface area contributed by atoms with Crippen molar-refractivity contribution in [3.05, 3.63) is 17.7 Å². The fourth-order valence-corrected chi connectivity index (χ4v) is 2.52. The van der Waals surface area contributed by atoms with Gasteiger partial charge in [-0.2, -0.15) is 0 Å². The summed E-state index contributed by atoms with van der Waals surface area (Å²) in [5.41, 5.74) is -0.835. The van der Waals surface area contributed by atoms with Gasteiger partial charge >= 0.3 is 29.6 Å². The summed E-state index contributed by atoms with van der Waals surface area (Å²) >= 11 is 0. The fourth-order valence-electron chi connectivity index (χ4n) is 1.54. The summed E-state index contributed by atoms with van der Waals surface area (Å²) in [5.74, 6) is -0.961. The summed E-state index contributed by atoms with van der Waals surface area (Å²) in [6.45, 7) is 4.91. The van der Waals surface area contributed by atoms with Gasteiger partial charge in [-0.15, -0.1) is 0 Å². The molecule has 0 saturated heterocycles. The molecule has 0 heterocycles. The van der Waals surface area contributed by atoms with Crippen LogP contribution in [0, 0.1) is 0 Å². The molecular weight excluding hydrogens is 255 g/mol. The molecule has 0 aliphatic rings. The first kappa shape index (κ1) is 16.7. The van der Waals surface area contributed by atoms with Crippen molar-refractivity contribution in [2.24, 2.45) is 0 Å². The minimum atomic E-state index is -4.83. The normalized spacial score (nSPS) is 12.0. The van der Waals surface area contributed by atoms with Crippen molar-refractivity contribution < 1.29 is 52.7 Å². The zero-order valence-electron chi connectivity index (χ0n) is 10.2. The molecule has 0 amide bonds. The number of phenolic OH excluding ortho intramolecular Hbond substituents is 2. The van der Waals surface area contributed by atoms with E-state index in [1.54, 1.807) is 20.8 Å². The van der Waals surface area contributed by atoms with Crippen molar-refractivity contribution in [2.45, 2.75) is 31.1 Å². The van der Waals surface area contributed by atoms with E-state index < -0.39 is 26.2 Å². The quantitative estimate of drug-likeness (QED) is 0.359. The molecule has 0 fully saturated rings. The number of rotatable bonds is 1. The average molecular weight is 268 g/mol. The van der Waals surface area contributed by atoms with Crippen molar-refractivity contribution in [1.29, 1.82) is 0 Å². The van der Waals surface area contributed by atoms with Crippen molar-refractivity contribution >= 4 is 10.1 Å². The summed E-state index contributed by atoms with van der Waals surface area (Å²) in [6, 6.07) is 2.14. The van der Waals surface area contributed by atoms with Crippen LogP contribution >= 0.6 is 0 Å². The zero-order chi connectivity index (χ0) is 12.7. The third-order valence-electron chi connectivity index (χ3n) is 2.11. The molecule has 0 spiro atoms. The standard InChI is InChI=1S/C10H14O5S.Na/c1-10(2,3)8-6(11)4-5-7(12)9(8)16(13,14)15;/h4-5,11-12H,1-3H3,(H,13,14,15);/q;+1/p-1. The molecule has 5 nitrogen and oxygen atoms in total. The van der Waals surface area contributed by atoms with Gasteiger partial charge in [0, 0.05) is 5.56 Å². The van der Waals surface area contributed by atoms with E-state index in [2.05, 4.69) is 0 Å². The molecule has 90 valence electrons. The van der Waals surface area contributed by atoms with Gasteiger partial charge in [0.25, 0.3) is 0 Å². The third kappa shape index (κ3) is 3.59. The minimum absolute atomic E-state index is 0. The molecule has 2 N–H and O–H groups in total. The Kier molecular flexibility index (Phi) is 5.07. The van der Waals surface area contributed by atoms with Crippen LogP contribution in [0.25, 0.3) is 0 Å². The van der Waals surface area contributed by atoms with Crippen molar-refractivity contribution in [3.8, 4) is 11.5 Å². The maximum Gasteiger partial charge on any atom is 1.00 e. The first-order valence-electron chi connectivity index (χ1n) is 4.56. The van der Waals surface area contributed by atoms with Crippen LogP contribution in [0.1, 0.15) is 26.3 Å². The van der Waals surface area contributed by atoms with Gasteiger partial charge in [0.15, 0.2) is 0 Å². The smallest absolute Gasteiger partial charge is 0.744 e. The Morgan fingerprint density at radius 1 is 1.12 bits per heavy atom. The van der Waals surface area contributed by atoms with Gasteiger partial charge in [-0.3, -0.25) is 0 Å². The van der Waals surface area contributed by atoms with Gasteiger partial charge in [0.05, 0.1) is 0 Å². The number of hydrogen-bond acceptors (Lipinski definition) is 5. The van der Waals surface area contributed by atoms with Crippen molar-refractivity contribution in [3.63, 3.8) is 0 Å². The van der Waals surface area contributed by atoms with E-state index >= 15 is 0 Å². The molecule has 0 aliphatic heterocycles. The van der Waals surface area contributed by atoms with Crippen LogP contribution < -0.4 is 29.6 Å². The predicted molar refractivity (Wildman–Crippen MR) is 56.4 cm³/mol. The van der Waals surface area contributed by atoms with E-state index in [1.165, 1.54) is 0 Å². The van der Waals surface area contributed by atoms with E-state index in [-0.39, 0.29) is 40.9 Å². The van der Waals surface area contributed by atoms with Crippen LogP contribution in [-0.2, 0) is 15.5 Å². The molecule has 0 aromatic heterocycles. The molecule has 1 aromatic rings. The molecule has 0 atom stereocenters. The van der Waals surface area contributed by atoms with E-state index in [0.717, 1.165) is 12.1 Å². The second-order valence-electron chi connectivity index (χ2n) is 4.51. The predicted octanol–water partition coefficient (Wildman–Crippen LogP) is -1.70. The van der Waals surface area contributed by atoms with Crippen molar-refractivity contribution in [2.75, 3.05) is 0 Å². The van der Waals surface area contributed by atoms with Crippen LogP contribution in [0.2, 0.25) is 0 Å². The number of aromatic hydroxyl groups is 2. The van der Waals surface area contributed by atoms with E-state index in [1.807, 2.05) is 0 Å². The first-order valence-corrected chi connectivity index (χ1v) is 5.97. The number of benzene rings is 1. The Morgan fingerprint density at radius 3 is 1.82 bits per heavy atom. The monoisotopic (exact) mass is 268 g/mol. The third-order valence-corrected chi connectivity index (χ3v) is 3.03. The van der Waals surface area contributed by atoms with Gasteiger partial charge < -0.3 is 14.8 Å². The van der Waals surface area contributed by atoms with Crippen LogP contribution in [0.15, 0.2) is 17.0 Å². The Hall–Kier alpha value is -0.270. The summed E-state index contributed by atoms with van der Waals surface area (Å²) in [4.78, 5) is -0.750. The second-order valence-corrected chi connectivity index (χ2v) is 5.83. The van der Waals surface area contributed by atoms with Gasteiger partial charge in [-0.25, -0.2) is 8.42 Å². The van der Waals surface area contributed by atoms with Gasteiger partial charge in [0.2, 0.25) is 0 Å². The number of phenols is 2. The Balaban J connectivity index is 0.00000256. The van der Waals surface area contributed by atoms with Crippen molar-refractivity contribution in [1.82, 2.24) is 0 Å². The maximum atomic E-state index is 11.0.